The molecule has 29 heavy (non-hydrogen) atoms. The molecule has 1 aliphatic rings. The van der Waals surface area contributed by atoms with Crippen LogP contribution in [0.15, 0.2) is 72.1 Å². The molecule has 2 heterocycles. The van der Waals surface area contributed by atoms with Crippen LogP contribution in [0.3, 0.4) is 0 Å². The number of nitrogens with zero attached hydrogens (tertiary/aromatic N) is 2. The van der Waals surface area contributed by atoms with Crippen molar-refractivity contribution < 1.29 is 9.47 Å². The highest BCUT2D eigenvalue weighted by Gasteiger charge is 2.41. The largest absolute Gasteiger partial charge is 0.399 e. The SMILES string of the molecule is Nc1cccc(SC[C@H]2CO[C@](CCc3ccc(Cl)cc3)(Cn3ccnc3)O2)c1. The number of anilines is 1. The maximum Gasteiger partial charge on any atom is 0.187 e. The Morgan fingerprint density at radius 2 is 2.10 bits per heavy atom. The molecule has 3 aromatic rings. The van der Waals surface area contributed by atoms with Gasteiger partial charge in [0, 0.05) is 40.2 Å². The fourth-order valence-electron chi connectivity index (χ4n) is 3.43. The molecule has 152 valence electrons. The molecule has 1 aliphatic heterocycles. The van der Waals surface area contributed by atoms with Gasteiger partial charge in [0.15, 0.2) is 5.79 Å². The molecule has 0 radical (unpaired) electrons. The smallest absolute Gasteiger partial charge is 0.187 e. The summed E-state index contributed by atoms with van der Waals surface area (Å²) in [4.78, 5) is 5.29. The predicted octanol–water partition coefficient (Wildman–Crippen LogP) is 4.66. The summed E-state index contributed by atoms with van der Waals surface area (Å²) < 4.78 is 14.7. The molecule has 7 heteroatoms. The molecule has 2 aromatic carbocycles. The van der Waals surface area contributed by atoms with E-state index in [-0.39, 0.29) is 6.10 Å². The third-order valence-corrected chi connectivity index (χ3v) is 6.28. The molecule has 0 amide bonds. The van der Waals surface area contributed by atoms with E-state index in [1.807, 2.05) is 41.1 Å². The van der Waals surface area contributed by atoms with E-state index in [0.717, 1.165) is 34.2 Å². The highest BCUT2D eigenvalue weighted by Crippen LogP contribution is 2.33. The van der Waals surface area contributed by atoms with E-state index >= 15 is 0 Å². The number of hydrogen-bond donors (Lipinski definition) is 1. The molecule has 0 unspecified atom stereocenters. The summed E-state index contributed by atoms with van der Waals surface area (Å²) in [6.45, 7) is 1.19. The van der Waals surface area contributed by atoms with Gasteiger partial charge in [0.05, 0.1) is 25.6 Å². The second kappa shape index (κ2) is 9.22. The fraction of sp³-hybridized carbons (Fsp3) is 0.318. The van der Waals surface area contributed by atoms with Crippen molar-refractivity contribution in [3.05, 3.63) is 77.8 Å². The van der Waals surface area contributed by atoms with E-state index in [4.69, 9.17) is 26.8 Å². The monoisotopic (exact) mass is 429 g/mol. The number of ether oxygens (including phenoxy) is 2. The zero-order valence-corrected chi connectivity index (χ0v) is 17.6. The molecule has 0 spiro atoms. The first-order valence-corrected chi connectivity index (χ1v) is 11.0. The summed E-state index contributed by atoms with van der Waals surface area (Å²) >= 11 is 7.74. The summed E-state index contributed by atoms with van der Waals surface area (Å²) in [6.07, 6.45) is 7.13. The van der Waals surface area contributed by atoms with Crippen molar-refractivity contribution >= 4 is 29.1 Å². The highest BCUT2D eigenvalue weighted by atomic mass is 35.5. The summed E-state index contributed by atoms with van der Waals surface area (Å²) in [7, 11) is 0. The van der Waals surface area contributed by atoms with E-state index < -0.39 is 5.79 Å². The topological polar surface area (TPSA) is 62.3 Å². The number of halogens is 1. The standard InChI is InChI=1S/C22H24ClN3O2S/c23-18-6-4-17(5-7-18)8-9-22(15-26-11-10-25-16-26)27-13-20(28-22)14-29-21-3-1-2-19(24)12-21/h1-7,10-12,16,20H,8-9,13-15,24H2/t20-,22+/m1/s1. The van der Waals surface area contributed by atoms with Crippen LogP contribution in [0.1, 0.15) is 12.0 Å². The van der Waals surface area contributed by atoms with Gasteiger partial charge in [0.2, 0.25) is 0 Å². The zero-order valence-electron chi connectivity index (χ0n) is 16.0. The maximum atomic E-state index is 6.47. The van der Waals surface area contributed by atoms with Crippen molar-refractivity contribution in [3.63, 3.8) is 0 Å². The first-order valence-electron chi connectivity index (χ1n) is 9.61. The number of imidazole rings is 1. The molecular weight excluding hydrogens is 406 g/mol. The maximum absolute atomic E-state index is 6.47. The van der Waals surface area contributed by atoms with Gasteiger partial charge in [-0.1, -0.05) is 29.8 Å². The number of nitrogens with two attached hydrogens (primary N) is 1. The molecule has 5 nitrogen and oxygen atoms in total. The minimum atomic E-state index is -0.665. The quantitative estimate of drug-likeness (QED) is 0.417. The van der Waals surface area contributed by atoms with Crippen LogP contribution in [0.2, 0.25) is 5.02 Å². The van der Waals surface area contributed by atoms with E-state index in [1.165, 1.54) is 5.56 Å². The summed E-state index contributed by atoms with van der Waals surface area (Å²) in [5, 5.41) is 0.744. The van der Waals surface area contributed by atoms with Crippen molar-refractivity contribution in [1.82, 2.24) is 9.55 Å². The second-order valence-corrected chi connectivity index (χ2v) is 8.74. The van der Waals surface area contributed by atoms with Gasteiger partial charge < -0.3 is 19.8 Å². The van der Waals surface area contributed by atoms with Gasteiger partial charge in [0.25, 0.3) is 0 Å². The fourth-order valence-corrected chi connectivity index (χ4v) is 4.49. The lowest BCUT2D eigenvalue weighted by atomic mass is 10.0. The Morgan fingerprint density at radius 3 is 2.86 bits per heavy atom. The number of thioether (sulfide) groups is 1. The summed E-state index contributed by atoms with van der Waals surface area (Å²) in [6, 6.07) is 15.9. The van der Waals surface area contributed by atoms with Gasteiger partial charge in [-0.25, -0.2) is 4.98 Å². The first-order chi connectivity index (χ1) is 14.1. The van der Waals surface area contributed by atoms with Crippen LogP contribution in [0.4, 0.5) is 5.69 Å². The van der Waals surface area contributed by atoms with Crippen molar-refractivity contribution in [2.24, 2.45) is 0 Å². The molecule has 2 N–H and O–H groups in total. The van der Waals surface area contributed by atoms with Crippen molar-refractivity contribution in [3.8, 4) is 0 Å². The van der Waals surface area contributed by atoms with Gasteiger partial charge in [-0.2, -0.15) is 0 Å². The van der Waals surface area contributed by atoms with Crippen LogP contribution in [-0.2, 0) is 22.4 Å². The lowest BCUT2D eigenvalue weighted by molar-refractivity contribution is -0.180. The van der Waals surface area contributed by atoms with E-state index in [0.29, 0.717) is 13.2 Å². The highest BCUT2D eigenvalue weighted by molar-refractivity contribution is 7.99. The van der Waals surface area contributed by atoms with Crippen LogP contribution >= 0.6 is 23.4 Å². The number of rotatable bonds is 8. The number of benzene rings is 2. The van der Waals surface area contributed by atoms with Gasteiger partial charge in [0.1, 0.15) is 0 Å². The third kappa shape index (κ3) is 5.54. The average Bonchev–Trinajstić information content (AvgIpc) is 3.37. The zero-order chi connectivity index (χ0) is 20.1. The molecule has 1 aromatic heterocycles. The molecule has 2 atom stereocenters. The number of hydrogen-bond acceptors (Lipinski definition) is 5. The van der Waals surface area contributed by atoms with Crippen molar-refractivity contribution in [1.29, 1.82) is 0 Å². The molecule has 1 fully saturated rings. The number of nitrogen functional groups attached to an aromatic ring is 1. The van der Waals surface area contributed by atoms with Crippen molar-refractivity contribution in [2.75, 3.05) is 18.1 Å². The van der Waals surface area contributed by atoms with Crippen LogP contribution in [0, 0.1) is 0 Å². The Kier molecular flexibility index (Phi) is 6.45. The lowest BCUT2D eigenvalue weighted by Gasteiger charge is -2.28. The van der Waals surface area contributed by atoms with Gasteiger partial charge in [-0.3, -0.25) is 0 Å². The minimum Gasteiger partial charge on any atom is -0.399 e. The van der Waals surface area contributed by atoms with Crippen LogP contribution in [-0.4, -0.2) is 33.8 Å². The summed E-state index contributed by atoms with van der Waals surface area (Å²) in [5.74, 6) is 0.150. The van der Waals surface area contributed by atoms with E-state index in [9.17, 15) is 0 Å². The molecule has 1 saturated heterocycles. The van der Waals surface area contributed by atoms with E-state index in [2.05, 4.69) is 23.2 Å². The molecule has 0 aliphatic carbocycles. The Balaban J connectivity index is 1.41. The minimum absolute atomic E-state index is 0.0233. The van der Waals surface area contributed by atoms with Gasteiger partial charge >= 0.3 is 0 Å². The second-order valence-electron chi connectivity index (χ2n) is 7.21. The van der Waals surface area contributed by atoms with E-state index in [1.54, 1.807) is 24.3 Å². The Hall–Kier alpha value is -1.99. The third-order valence-electron chi connectivity index (χ3n) is 4.90. The Labute approximate surface area is 180 Å². The summed E-state index contributed by atoms with van der Waals surface area (Å²) in [5.41, 5.74) is 7.87. The number of aromatic nitrogens is 2. The molecule has 4 rings (SSSR count). The predicted molar refractivity (Wildman–Crippen MR) is 117 cm³/mol. The molecule has 0 bridgehead atoms. The van der Waals surface area contributed by atoms with Crippen LogP contribution < -0.4 is 5.73 Å². The van der Waals surface area contributed by atoms with Crippen LogP contribution in [0.25, 0.3) is 0 Å². The Morgan fingerprint density at radius 1 is 1.24 bits per heavy atom. The normalized spacial score (nSPS) is 21.5. The average molecular weight is 430 g/mol. The van der Waals surface area contributed by atoms with Crippen LogP contribution in [0.5, 0.6) is 0 Å². The van der Waals surface area contributed by atoms with Gasteiger partial charge in [-0.05, 0) is 42.3 Å². The molecule has 0 saturated carbocycles. The Bertz CT molecular complexity index is 920. The number of aryl methyl sites for hydroxylation is 1. The first kappa shape index (κ1) is 20.3. The molecular formula is C22H24ClN3O2S. The lowest BCUT2D eigenvalue weighted by Crippen LogP contribution is -2.37. The van der Waals surface area contributed by atoms with Gasteiger partial charge in [-0.15, -0.1) is 11.8 Å². The van der Waals surface area contributed by atoms with Crippen molar-refractivity contribution in [2.45, 2.75) is 36.2 Å².